The Morgan fingerprint density at radius 2 is 1.66 bits per heavy atom. The Kier molecular flexibility index (Phi) is 7.52. The molecule has 0 aliphatic carbocycles. The average molecular weight is 516 g/mol. The molecule has 1 fully saturated rings. The number of aromatic nitrogens is 2. The molecule has 3 amide bonds. The van der Waals surface area contributed by atoms with Crippen LogP contribution in [0.2, 0.25) is 10.0 Å². The Bertz CT molecular complexity index is 1240. The first-order chi connectivity index (χ1) is 16.8. The van der Waals surface area contributed by atoms with Crippen LogP contribution in [0.4, 0.5) is 16.4 Å². The van der Waals surface area contributed by atoms with Gasteiger partial charge in [0.1, 0.15) is 0 Å². The molecule has 10 nitrogen and oxygen atoms in total. The highest BCUT2D eigenvalue weighted by molar-refractivity contribution is 6.42. The van der Waals surface area contributed by atoms with Crippen molar-refractivity contribution in [3.8, 4) is 0 Å². The molecule has 3 heterocycles. The van der Waals surface area contributed by atoms with Crippen molar-refractivity contribution in [2.75, 3.05) is 31.5 Å². The van der Waals surface area contributed by atoms with Gasteiger partial charge in [0.15, 0.2) is 5.76 Å². The van der Waals surface area contributed by atoms with Gasteiger partial charge in [0.25, 0.3) is 11.9 Å². The number of benzene rings is 1. The summed E-state index contributed by atoms with van der Waals surface area (Å²) in [5.74, 6) is 0.588. The van der Waals surface area contributed by atoms with Crippen LogP contribution < -0.4 is 10.6 Å². The number of furan rings is 1. The van der Waals surface area contributed by atoms with Crippen LogP contribution in [-0.2, 0) is 0 Å². The number of aliphatic imine (C=N–C) groups is 1. The minimum atomic E-state index is -0.527. The van der Waals surface area contributed by atoms with E-state index in [-0.39, 0.29) is 23.6 Å². The molecule has 0 saturated carbocycles. The monoisotopic (exact) mass is 515 g/mol. The van der Waals surface area contributed by atoms with Crippen molar-refractivity contribution in [3.63, 3.8) is 0 Å². The van der Waals surface area contributed by atoms with E-state index in [0.29, 0.717) is 41.9 Å². The number of nitrogens with zero attached hydrogens (tertiary/aromatic N) is 5. The molecule has 0 atom stereocenters. The fourth-order valence-corrected chi connectivity index (χ4v) is 3.84. The van der Waals surface area contributed by atoms with Gasteiger partial charge in [-0.2, -0.15) is 4.99 Å². The van der Waals surface area contributed by atoms with Crippen LogP contribution in [0.1, 0.15) is 21.9 Å². The van der Waals surface area contributed by atoms with Gasteiger partial charge in [0.05, 0.1) is 16.3 Å². The van der Waals surface area contributed by atoms with Crippen LogP contribution in [0.3, 0.4) is 0 Å². The lowest BCUT2D eigenvalue weighted by Gasteiger charge is -2.35. The highest BCUT2D eigenvalue weighted by Crippen LogP contribution is 2.25. The van der Waals surface area contributed by atoms with E-state index in [2.05, 4.69) is 25.6 Å². The highest BCUT2D eigenvalue weighted by Gasteiger charge is 2.26. The Labute approximate surface area is 212 Å². The first-order valence-corrected chi connectivity index (χ1v) is 11.6. The van der Waals surface area contributed by atoms with E-state index < -0.39 is 6.03 Å². The van der Waals surface area contributed by atoms with Gasteiger partial charge >= 0.3 is 6.03 Å². The van der Waals surface area contributed by atoms with E-state index in [0.717, 1.165) is 11.4 Å². The second-order valence-electron chi connectivity index (χ2n) is 7.85. The number of carbonyl (C=O) groups is 2. The zero-order chi connectivity index (χ0) is 24.9. The number of hydrogen-bond donors (Lipinski definition) is 2. The molecule has 0 unspecified atom stereocenters. The molecule has 35 heavy (non-hydrogen) atoms. The summed E-state index contributed by atoms with van der Waals surface area (Å²) < 4.78 is 5.22. The van der Waals surface area contributed by atoms with Crippen LogP contribution in [0.25, 0.3) is 0 Å². The number of hydrogen-bond acceptors (Lipinski definition) is 6. The molecule has 1 aromatic carbocycles. The van der Waals surface area contributed by atoms with Gasteiger partial charge < -0.3 is 19.5 Å². The second kappa shape index (κ2) is 10.7. The Balaban J connectivity index is 1.51. The standard InChI is InChI=1S/C23H23Cl2N7O3/c1-14-12-15(2)27-21(26-14)29-22(30-23(34)28-16-5-6-17(24)18(25)13-16)32-9-7-31(8-10-32)20(33)19-4-3-11-35-19/h3-6,11-13H,7-10H2,1-2H3,(H2,26,27,28,29,30,34). The summed E-state index contributed by atoms with van der Waals surface area (Å²) in [6.07, 6.45) is 1.47. The molecular weight excluding hydrogens is 493 g/mol. The van der Waals surface area contributed by atoms with Crippen LogP contribution in [0.15, 0.2) is 52.1 Å². The summed E-state index contributed by atoms with van der Waals surface area (Å²) in [6, 6.07) is 9.39. The lowest BCUT2D eigenvalue weighted by molar-refractivity contribution is 0.0658. The Morgan fingerprint density at radius 1 is 0.971 bits per heavy atom. The molecule has 4 rings (SSSR count). The van der Waals surface area contributed by atoms with E-state index in [1.165, 1.54) is 6.26 Å². The quantitative estimate of drug-likeness (QED) is 0.397. The van der Waals surface area contributed by atoms with Crippen LogP contribution in [0.5, 0.6) is 0 Å². The molecule has 3 aromatic rings. The molecule has 0 radical (unpaired) electrons. The third kappa shape index (κ3) is 6.28. The normalized spacial score (nSPS) is 14.1. The topological polar surface area (TPSA) is 116 Å². The SMILES string of the molecule is Cc1cc(C)nc(/N=C(\NC(=O)Nc2ccc(Cl)c(Cl)c2)N2CCN(C(=O)c3ccco3)CC2)n1. The number of amides is 3. The molecule has 1 aliphatic heterocycles. The maximum absolute atomic E-state index is 12.8. The number of nitrogens with one attached hydrogen (secondary N) is 2. The zero-order valence-corrected chi connectivity index (χ0v) is 20.6. The lowest BCUT2D eigenvalue weighted by Crippen LogP contribution is -2.55. The molecule has 0 spiro atoms. The number of aryl methyl sites for hydroxylation is 2. The summed E-state index contributed by atoms with van der Waals surface area (Å²) in [4.78, 5) is 42.2. The maximum atomic E-state index is 12.8. The van der Waals surface area contributed by atoms with E-state index >= 15 is 0 Å². The third-order valence-corrected chi connectivity index (χ3v) is 5.92. The number of halogens is 2. The molecule has 1 saturated heterocycles. The molecule has 2 N–H and O–H groups in total. The van der Waals surface area contributed by atoms with Crippen LogP contribution in [0, 0.1) is 13.8 Å². The fourth-order valence-electron chi connectivity index (χ4n) is 3.54. The van der Waals surface area contributed by atoms with E-state index in [1.54, 1.807) is 35.2 Å². The molecule has 0 bridgehead atoms. The summed E-state index contributed by atoms with van der Waals surface area (Å²) >= 11 is 12.0. The lowest BCUT2D eigenvalue weighted by atomic mass is 10.3. The molecule has 1 aliphatic rings. The van der Waals surface area contributed by atoms with Gasteiger partial charge in [0, 0.05) is 43.3 Å². The van der Waals surface area contributed by atoms with Gasteiger partial charge in [-0.3, -0.25) is 10.1 Å². The maximum Gasteiger partial charge on any atom is 0.326 e. The Hall–Kier alpha value is -3.63. The Morgan fingerprint density at radius 3 is 2.29 bits per heavy atom. The average Bonchev–Trinajstić information content (AvgIpc) is 3.35. The summed E-state index contributed by atoms with van der Waals surface area (Å²) in [5, 5.41) is 6.19. The van der Waals surface area contributed by atoms with Crippen molar-refractivity contribution in [1.29, 1.82) is 0 Å². The van der Waals surface area contributed by atoms with E-state index in [1.807, 2.05) is 24.8 Å². The van der Waals surface area contributed by atoms with Crippen molar-refractivity contribution in [2.45, 2.75) is 13.8 Å². The number of anilines is 1. The minimum Gasteiger partial charge on any atom is -0.459 e. The number of piperazine rings is 1. The fraction of sp³-hybridized carbons (Fsp3) is 0.261. The first kappa shape index (κ1) is 24.5. The van der Waals surface area contributed by atoms with Crippen molar-refractivity contribution < 1.29 is 14.0 Å². The summed E-state index contributed by atoms with van der Waals surface area (Å²) in [7, 11) is 0. The number of urea groups is 1. The van der Waals surface area contributed by atoms with Crippen LogP contribution >= 0.6 is 23.2 Å². The van der Waals surface area contributed by atoms with Crippen molar-refractivity contribution in [2.24, 2.45) is 4.99 Å². The van der Waals surface area contributed by atoms with Crippen molar-refractivity contribution in [1.82, 2.24) is 25.1 Å². The second-order valence-corrected chi connectivity index (χ2v) is 8.67. The van der Waals surface area contributed by atoms with E-state index in [4.69, 9.17) is 27.6 Å². The van der Waals surface area contributed by atoms with Gasteiger partial charge in [-0.15, -0.1) is 0 Å². The number of guanidine groups is 1. The van der Waals surface area contributed by atoms with E-state index in [9.17, 15) is 9.59 Å². The number of rotatable bonds is 3. The van der Waals surface area contributed by atoms with Gasteiger partial charge in [0.2, 0.25) is 5.96 Å². The van der Waals surface area contributed by atoms with Gasteiger partial charge in [-0.05, 0) is 50.2 Å². The molecular formula is C23H23Cl2N7O3. The zero-order valence-electron chi connectivity index (χ0n) is 19.1. The highest BCUT2D eigenvalue weighted by atomic mass is 35.5. The van der Waals surface area contributed by atoms with Crippen molar-refractivity contribution >= 4 is 52.7 Å². The predicted octanol–water partition coefficient (Wildman–Crippen LogP) is 4.26. The third-order valence-electron chi connectivity index (χ3n) is 5.18. The van der Waals surface area contributed by atoms with Crippen molar-refractivity contribution in [3.05, 3.63) is 69.9 Å². The predicted molar refractivity (Wildman–Crippen MR) is 133 cm³/mol. The molecule has 182 valence electrons. The van der Waals surface area contributed by atoms with Gasteiger partial charge in [-0.1, -0.05) is 23.2 Å². The summed E-state index contributed by atoms with van der Waals surface area (Å²) in [5.41, 5.74) is 1.97. The smallest absolute Gasteiger partial charge is 0.326 e. The minimum absolute atomic E-state index is 0.184. The molecule has 2 aromatic heterocycles. The molecule has 12 heteroatoms. The summed E-state index contributed by atoms with van der Waals surface area (Å²) in [6.45, 7) is 5.39. The largest absolute Gasteiger partial charge is 0.459 e. The first-order valence-electron chi connectivity index (χ1n) is 10.8. The number of carbonyl (C=O) groups excluding carboxylic acids is 2. The van der Waals surface area contributed by atoms with Crippen LogP contribution in [-0.4, -0.2) is 63.8 Å². The van der Waals surface area contributed by atoms with Gasteiger partial charge in [-0.25, -0.2) is 14.8 Å².